The number of likely N-dealkylation sites (tertiary alicyclic amines) is 1. The van der Waals surface area contributed by atoms with Crippen molar-refractivity contribution in [1.82, 2.24) is 4.90 Å². The Bertz CT molecular complexity index is 1050. The molecule has 1 aromatic carbocycles. The first-order chi connectivity index (χ1) is 16.0. The van der Waals surface area contributed by atoms with E-state index < -0.39 is 65.8 Å². The van der Waals surface area contributed by atoms with E-state index in [9.17, 15) is 26.4 Å². The third kappa shape index (κ3) is 7.02. The number of alkyl halides is 3. The summed E-state index contributed by atoms with van der Waals surface area (Å²) in [5.41, 5.74) is -3.39. The molecule has 7 nitrogen and oxygen atoms in total. The molecule has 1 amide bonds. The van der Waals surface area contributed by atoms with Crippen LogP contribution in [0.3, 0.4) is 0 Å². The Morgan fingerprint density at radius 2 is 1.61 bits per heavy atom. The van der Waals surface area contributed by atoms with Gasteiger partial charge in [0.2, 0.25) is 5.60 Å². The molecule has 1 unspecified atom stereocenters. The summed E-state index contributed by atoms with van der Waals surface area (Å²) >= 11 is 0. The van der Waals surface area contributed by atoms with E-state index in [2.05, 4.69) is 0 Å². The van der Waals surface area contributed by atoms with Gasteiger partial charge in [-0.1, -0.05) is 38.5 Å². The average molecular weight is 554 g/mol. The minimum absolute atomic E-state index is 0.207. The van der Waals surface area contributed by atoms with Gasteiger partial charge in [-0.2, -0.15) is 21.6 Å². The first-order valence-corrected chi connectivity index (χ1v) is 16.0. The molecule has 0 N–H and O–H groups in total. The summed E-state index contributed by atoms with van der Waals surface area (Å²) < 4.78 is 85.9. The molecule has 1 heterocycles. The van der Waals surface area contributed by atoms with E-state index >= 15 is 0 Å². The summed E-state index contributed by atoms with van der Waals surface area (Å²) in [7, 11) is -7.21. The first-order valence-electron chi connectivity index (χ1n) is 11.7. The number of rotatable bonds is 6. The van der Waals surface area contributed by atoms with Gasteiger partial charge in [0, 0.05) is 6.42 Å². The van der Waals surface area contributed by atoms with E-state index in [1.807, 2.05) is 33.9 Å². The number of amides is 1. The van der Waals surface area contributed by atoms with Crippen LogP contribution in [0.1, 0.15) is 53.5 Å². The van der Waals surface area contributed by atoms with Crippen LogP contribution >= 0.6 is 0 Å². The van der Waals surface area contributed by atoms with E-state index in [1.165, 1.54) is 24.3 Å². The molecule has 36 heavy (non-hydrogen) atoms. The molecule has 12 heteroatoms. The van der Waals surface area contributed by atoms with Gasteiger partial charge in [-0.15, -0.1) is 0 Å². The van der Waals surface area contributed by atoms with E-state index in [-0.39, 0.29) is 11.6 Å². The Hall–Kier alpha value is -1.63. The summed E-state index contributed by atoms with van der Waals surface area (Å²) in [6.45, 7) is 15.1. The van der Waals surface area contributed by atoms with Crippen LogP contribution in [0.25, 0.3) is 0 Å². The van der Waals surface area contributed by atoms with Crippen molar-refractivity contribution in [2.24, 2.45) is 0 Å². The fourth-order valence-corrected chi connectivity index (χ4v) is 5.68. The average Bonchev–Trinajstić information content (AvgIpc) is 3.04. The number of hydrogen-bond donors (Lipinski definition) is 0. The zero-order valence-corrected chi connectivity index (χ0v) is 24.3. The number of nitrogens with zero attached hydrogens (tertiary/aromatic N) is 1. The Kier molecular flexibility index (Phi) is 8.43. The highest BCUT2D eigenvalue weighted by molar-refractivity contribution is 7.86. The summed E-state index contributed by atoms with van der Waals surface area (Å²) in [5.74, 6) is 0. The fraction of sp³-hybridized carbons (Fsp3) is 0.708. The number of carbonyl (C=O) groups excluding carboxylic acids is 1. The van der Waals surface area contributed by atoms with Crippen molar-refractivity contribution in [3.05, 3.63) is 29.8 Å². The SMILES string of the molecule is Cc1ccc(S(=O)(=O)OC2(C(F)(F)F)C[C@@H](CO[Si](C)(C)C(C)(C)C)N(C(=O)OC(C)(C)C)C2)cc1. The maximum atomic E-state index is 14.5. The van der Waals surface area contributed by atoms with Gasteiger partial charge in [-0.05, 0) is 58.0 Å². The van der Waals surface area contributed by atoms with Crippen LogP contribution in [0.5, 0.6) is 0 Å². The monoisotopic (exact) mass is 553 g/mol. The predicted molar refractivity (Wildman–Crippen MR) is 133 cm³/mol. The normalized spacial score (nSPS) is 22.1. The molecule has 0 saturated carbocycles. The molecule has 1 saturated heterocycles. The first kappa shape index (κ1) is 30.6. The largest absolute Gasteiger partial charge is 0.444 e. The van der Waals surface area contributed by atoms with Gasteiger partial charge < -0.3 is 9.16 Å². The maximum absolute atomic E-state index is 14.5. The Balaban J connectivity index is 2.48. The third-order valence-electron chi connectivity index (χ3n) is 6.60. The number of benzene rings is 1. The van der Waals surface area contributed by atoms with Crippen LogP contribution in [0, 0.1) is 6.92 Å². The maximum Gasteiger partial charge on any atom is 0.420 e. The smallest absolute Gasteiger partial charge is 0.420 e. The van der Waals surface area contributed by atoms with Crippen molar-refractivity contribution in [1.29, 1.82) is 0 Å². The quantitative estimate of drug-likeness (QED) is 0.316. The molecule has 206 valence electrons. The molecule has 2 rings (SSSR count). The molecule has 0 bridgehead atoms. The molecule has 0 aromatic heterocycles. The Morgan fingerprint density at radius 3 is 2.06 bits per heavy atom. The second-order valence-electron chi connectivity index (χ2n) is 11.9. The summed E-state index contributed by atoms with van der Waals surface area (Å²) in [6.07, 6.45) is -6.90. The van der Waals surface area contributed by atoms with Gasteiger partial charge in [0.1, 0.15) is 5.60 Å². The van der Waals surface area contributed by atoms with Crippen molar-refractivity contribution in [3.8, 4) is 0 Å². The number of carbonyl (C=O) groups is 1. The topological polar surface area (TPSA) is 82.1 Å². The zero-order valence-electron chi connectivity index (χ0n) is 22.4. The lowest BCUT2D eigenvalue weighted by atomic mass is 10.0. The highest BCUT2D eigenvalue weighted by atomic mass is 32.2. The molecule has 0 radical (unpaired) electrons. The summed E-state index contributed by atoms with van der Waals surface area (Å²) in [5, 5.41) is -0.227. The third-order valence-corrected chi connectivity index (χ3v) is 12.5. The number of ether oxygens (including phenoxy) is 1. The zero-order chi connectivity index (χ0) is 28.0. The summed E-state index contributed by atoms with van der Waals surface area (Å²) in [4.78, 5) is 13.5. The lowest BCUT2D eigenvalue weighted by Gasteiger charge is -2.38. The van der Waals surface area contributed by atoms with E-state index in [1.54, 1.807) is 27.7 Å². The molecular weight excluding hydrogens is 515 g/mol. The fourth-order valence-electron chi connectivity index (χ4n) is 3.44. The van der Waals surface area contributed by atoms with E-state index in [4.69, 9.17) is 13.3 Å². The van der Waals surface area contributed by atoms with E-state index in [0.717, 1.165) is 10.5 Å². The van der Waals surface area contributed by atoms with Crippen LogP contribution in [0.4, 0.5) is 18.0 Å². The lowest BCUT2D eigenvalue weighted by Crippen LogP contribution is -2.51. The highest BCUT2D eigenvalue weighted by Gasteiger charge is 2.65. The van der Waals surface area contributed by atoms with Gasteiger partial charge in [0.05, 0.1) is 24.1 Å². The molecule has 0 aliphatic carbocycles. The molecule has 2 atom stereocenters. The van der Waals surface area contributed by atoms with Gasteiger partial charge in [0.25, 0.3) is 10.1 Å². The summed E-state index contributed by atoms with van der Waals surface area (Å²) in [6, 6.07) is 4.20. The van der Waals surface area contributed by atoms with Crippen molar-refractivity contribution in [3.63, 3.8) is 0 Å². The van der Waals surface area contributed by atoms with Crippen molar-refractivity contribution in [2.45, 2.75) is 101 Å². The minimum Gasteiger partial charge on any atom is -0.444 e. The van der Waals surface area contributed by atoms with E-state index in [0.29, 0.717) is 0 Å². The highest BCUT2D eigenvalue weighted by Crippen LogP contribution is 2.46. The van der Waals surface area contributed by atoms with Crippen LogP contribution in [-0.2, 0) is 23.5 Å². The molecule has 0 spiro atoms. The standard InChI is InChI=1S/C24H38F3NO6SSi/c1-17-10-12-19(13-11-17)35(30,31)34-23(24(25,26)27)14-18(15-32-36(8,9)22(5,6)7)28(16-23)20(29)33-21(2,3)4/h10-13,18H,14-16H2,1-9H3/t18-,23?/m0/s1. The molecule has 1 aliphatic heterocycles. The second kappa shape index (κ2) is 9.92. The Morgan fingerprint density at radius 1 is 1.08 bits per heavy atom. The Labute approximate surface area is 213 Å². The number of halogens is 3. The molecular formula is C24H38F3NO6SSi. The molecule has 1 aliphatic rings. The van der Waals surface area contributed by atoms with Gasteiger partial charge >= 0.3 is 12.3 Å². The predicted octanol–water partition coefficient (Wildman–Crippen LogP) is 6.03. The van der Waals surface area contributed by atoms with Crippen LogP contribution < -0.4 is 0 Å². The molecule has 1 fully saturated rings. The van der Waals surface area contributed by atoms with Crippen molar-refractivity contribution < 1.29 is 39.7 Å². The van der Waals surface area contributed by atoms with Crippen LogP contribution in [0.15, 0.2) is 29.2 Å². The van der Waals surface area contributed by atoms with Crippen LogP contribution in [0.2, 0.25) is 18.1 Å². The second-order valence-corrected chi connectivity index (χ2v) is 18.2. The van der Waals surface area contributed by atoms with Gasteiger partial charge in [-0.3, -0.25) is 4.90 Å². The van der Waals surface area contributed by atoms with Crippen LogP contribution in [-0.4, -0.2) is 64.3 Å². The van der Waals surface area contributed by atoms with Crippen molar-refractivity contribution in [2.75, 3.05) is 13.2 Å². The number of aryl methyl sites for hydroxylation is 1. The lowest BCUT2D eigenvalue weighted by molar-refractivity contribution is -0.241. The van der Waals surface area contributed by atoms with Crippen molar-refractivity contribution >= 4 is 24.5 Å². The van der Waals surface area contributed by atoms with Gasteiger partial charge in [-0.25, -0.2) is 8.98 Å². The van der Waals surface area contributed by atoms with Gasteiger partial charge in [0.15, 0.2) is 8.32 Å². The minimum atomic E-state index is -5.10. The number of hydrogen-bond acceptors (Lipinski definition) is 6. The molecule has 1 aromatic rings.